The first-order valence-electron chi connectivity index (χ1n) is 7.70. The number of carbonyl (C=O) groups excluding carboxylic acids is 2. The van der Waals surface area contributed by atoms with Crippen molar-refractivity contribution >= 4 is 35.0 Å². The number of thioether (sulfide) groups is 1. The highest BCUT2D eigenvalue weighted by Crippen LogP contribution is 2.15. The summed E-state index contributed by atoms with van der Waals surface area (Å²) < 4.78 is 1.74. The number of anilines is 2. The standard InChI is InChI=1S/C17H16N6O2S/c1-23-11-19-22-17(23)26-10-15(24)20-13-4-2-12(3-5-13)16(25)21-14-6-8-18-9-7-14/h2-9,11H,10H2,1H3,(H,20,24)(H,18,21,25). The van der Waals surface area contributed by atoms with Gasteiger partial charge in [-0.15, -0.1) is 10.2 Å². The van der Waals surface area contributed by atoms with Crippen molar-refractivity contribution in [3.8, 4) is 0 Å². The molecule has 0 bridgehead atoms. The first-order valence-corrected chi connectivity index (χ1v) is 8.68. The van der Waals surface area contributed by atoms with Gasteiger partial charge in [-0.3, -0.25) is 14.6 Å². The summed E-state index contributed by atoms with van der Waals surface area (Å²) in [5.74, 6) is -0.171. The molecule has 1 aromatic carbocycles. The van der Waals surface area contributed by atoms with Crippen molar-refractivity contribution in [2.24, 2.45) is 7.05 Å². The summed E-state index contributed by atoms with van der Waals surface area (Å²) in [4.78, 5) is 28.1. The monoisotopic (exact) mass is 368 g/mol. The predicted octanol–water partition coefficient (Wildman–Crippen LogP) is 2.19. The van der Waals surface area contributed by atoms with Gasteiger partial charge in [0.1, 0.15) is 6.33 Å². The van der Waals surface area contributed by atoms with Crippen LogP contribution >= 0.6 is 11.8 Å². The number of hydrogen-bond acceptors (Lipinski definition) is 6. The second kappa shape index (κ2) is 8.26. The molecule has 0 fully saturated rings. The number of nitrogens with one attached hydrogen (secondary N) is 2. The quantitative estimate of drug-likeness (QED) is 0.647. The van der Waals surface area contributed by atoms with E-state index in [9.17, 15) is 9.59 Å². The number of nitrogens with zero attached hydrogens (tertiary/aromatic N) is 4. The Hall–Kier alpha value is -3.20. The van der Waals surface area contributed by atoms with Gasteiger partial charge in [0.25, 0.3) is 5.91 Å². The molecule has 0 aliphatic rings. The molecule has 0 aliphatic heterocycles. The zero-order valence-corrected chi connectivity index (χ0v) is 14.7. The summed E-state index contributed by atoms with van der Waals surface area (Å²) in [5.41, 5.74) is 1.78. The van der Waals surface area contributed by atoms with E-state index in [1.807, 2.05) is 7.05 Å². The van der Waals surface area contributed by atoms with E-state index in [2.05, 4.69) is 25.8 Å². The Morgan fingerprint density at radius 3 is 2.38 bits per heavy atom. The molecule has 0 atom stereocenters. The third-order valence-electron chi connectivity index (χ3n) is 3.37. The molecule has 0 spiro atoms. The highest BCUT2D eigenvalue weighted by atomic mass is 32.2. The van der Waals surface area contributed by atoms with Crippen LogP contribution in [0, 0.1) is 0 Å². The Morgan fingerprint density at radius 2 is 1.73 bits per heavy atom. The van der Waals surface area contributed by atoms with Crippen LogP contribution in [0.1, 0.15) is 10.4 Å². The maximum atomic E-state index is 12.2. The van der Waals surface area contributed by atoms with E-state index >= 15 is 0 Å². The van der Waals surface area contributed by atoms with Crippen molar-refractivity contribution in [2.45, 2.75) is 5.16 Å². The average molecular weight is 368 g/mol. The lowest BCUT2D eigenvalue weighted by Crippen LogP contribution is -2.15. The topological polar surface area (TPSA) is 102 Å². The second-order valence-corrected chi connectivity index (χ2v) is 6.27. The smallest absolute Gasteiger partial charge is 0.255 e. The summed E-state index contributed by atoms with van der Waals surface area (Å²) in [6.07, 6.45) is 4.79. The molecule has 0 aliphatic carbocycles. The Morgan fingerprint density at radius 1 is 1.04 bits per heavy atom. The molecule has 2 heterocycles. The maximum Gasteiger partial charge on any atom is 0.255 e. The first kappa shape index (κ1) is 17.6. The fourth-order valence-electron chi connectivity index (χ4n) is 2.07. The van der Waals surface area contributed by atoms with E-state index in [-0.39, 0.29) is 17.6 Å². The Bertz CT molecular complexity index is 895. The van der Waals surface area contributed by atoms with Gasteiger partial charge in [-0.2, -0.15) is 0 Å². The molecule has 8 nitrogen and oxygen atoms in total. The van der Waals surface area contributed by atoms with Gasteiger partial charge >= 0.3 is 0 Å². The van der Waals surface area contributed by atoms with Gasteiger partial charge in [0.2, 0.25) is 5.91 Å². The van der Waals surface area contributed by atoms with Crippen molar-refractivity contribution in [1.82, 2.24) is 19.7 Å². The molecule has 0 unspecified atom stereocenters. The zero-order valence-electron chi connectivity index (χ0n) is 13.9. The van der Waals surface area contributed by atoms with Gasteiger partial charge in [-0.25, -0.2) is 0 Å². The Balaban J connectivity index is 1.53. The number of hydrogen-bond donors (Lipinski definition) is 2. The van der Waals surface area contributed by atoms with E-state index in [4.69, 9.17) is 0 Å². The van der Waals surface area contributed by atoms with Crippen LogP contribution in [0.15, 0.2) is 60.3 Å². The number of benzene rings is 1. The largest absolute Gasteiger partial charge is 0.325 e. The molecular weight excluding hydrogens is 352 g/mol. The van der Waals surface area contributed by atoms with Crippen molar-refractivity contribution < 1.29 is 9.59 Å². The Labute approximate surface area is 154 Å². The van der Waals surface area contributed by atoms with Crippen molar-refractivity contribution in [2.75, 3.05) is 16.4 Å². The second-order valence-electron chi connectivity index (χ2n) is 5.33. The average Bonchev–Trinajstić information content (AvgIpc) is 3.06. The molecule has 132 valence electrons. The van der Waals surface area contributed by atoms with E-state index < -0.39 is 0 Å². The zero-order chi connectivity index (χ0) is 18.4. The van der Waals surface area contributed by atoms with Crippen LogP contribution in [0.2, 0.25) is 0 Å². The number of carbonyl (C=O) groups is 2. The van der Waals surface area contributed by atoms with Gasteiger partial charge in [0.05, 0.1) is 5.75 Å². The molecule has 2 amide bonds. The molecule has 3 aromatic rings. The molecule has 26 heavy (non-hydrogen) atoms. The summed E-state index contributed by atoms with van der Waals surface area (Å²) in [7, 11) is 1.82. The van der Waals surface area contributed by atoms with Crippen molar-refractivity contribution in [1.29, 1.82) is 0 Å². The van der Waals surface area contributed by atoms with E-state index in [0.717, 1.165) is 0 Å². The van der Waals surface area contributed by atoms with Crippen LogP contribution in [0.3, 0.4) is 0 Å². The van der Waals surface area contributed by atoms with Crippen LogP contribution in [-0.2, 0) is 11.8 Å². The minimum Gasteiger partial charge on any atom is -0.325 e. The molecule has 3 rings (SSSR count). The molecule has 9 heteroatoms. The molecule has 0 radical (unpaired) electrons. The number of pyridine rings is 1. The molecule has 0 saturated carbocycles. The third-order valence-corrected chi connectivity index (χ3v) is 4.41. The lowest BCUT2D eigenvalue weighted by atomic mass is 10.2. The van der Waals surface area contributed by atoms with Crippen LogP contribution < -0.4 is 10.6 Å². The molecular formula is C17H16N6O2S. The van der Waals surface area contributed by atoms with E-state index in [1.165, 1.54) is 11.8 Å². The van der Waals surface area contributed by atoms with Gasteiger partial charge in [0.15, 0.2) is 5.16 Å². The van der Waals surface area contributed by atoms with Crippen LogP contribution in [0.25, 0.3) is 0 Å². The summed E-state index contributed by atoms with van der Waals surface area (Å²) in [5, 5.41) is 13.9. The molecule has 2 aromatic heterocycles. The van der Waals surface area contributed by atoms with Gasteiger partial charge in [0, 0.05) is 36.4 Å². The van der Waals surface area contributed by atoms with E-state index in [0.29, 0.717) is 22.1 Å². The van der Waals surface area contributed by atoms with E-state index in [1.54, 1.807) is 59.7 Å². The number of amides is 2. The van der Waals surface area contributed by atoms with Gasteiger partial charge in [-0.1, -0.05) is 11.8 Å². The predicted molar refractivity (Wildman–Crippen MR) is 99.0 cm³/mol. The summed E-state index contributed by atoms with van der Waals surface area (Å²) in [6, 6.07) is 10.1. The Kier molecular flexibility index (Phi) is 5.59. The van der Waals surface area contributed by atoms with Crippen LogP contribution in [0.4, 0.5) is 11.4 Å². The lowest BCUT2D eigenvalue weighted by Gasteiger charge is -2.07. The fraction of sp³-hybridized carbons (Fsp3) is 0.118. The van der Waals surface area contributed by atoms with Gasteiger partial charge in [-0.05, 0) is 36.4 Å². The van der Waals surface area contributed by atoms with Gasteiger partial charge < -0.3 is 15.2 Å². The number of aromatic nitrogens is 4. The summed E-state index contributed by atoms with van der Waals surface area (Å²) >= 11 is 1.30. The van der Waals surface area contributed by atoms with Crippen LogP contribution in [-0.4, -0.2) is 37.3 Å². The van der Waals surface area contributed by atoms with Crippen LogP contribution in [0.5, 0.6) is 0 Å². The third kappa shape index (κ3) is 4.67. The minimum absolute atomic E-state index is 0.160. The summed E-state index contributed by atoms with van der Waals surface area (Å²) in [6.45, 7) is 0. The molecule has 2 N–H and O–H groups in total. The fourth-order valence-corrected chi connectivity index (χ4v) is 2.76. The highest BCUT2D eigenvalue weighted by molar-refractivity contribution is 7.99. The maximum absolute atomic E-state index is 12.2. The lowest BCUT2D eigenvalue weighted by molar-refractivity contribution is -0.113. The number of aryl methyl sites for hydroxylation is 1. The SMILES string of the molecule is Cn1cnnc1SCC(=O)Nc1ccc(C(=O)Nc2ccncc2)cc1. The first-order chi connectivity index (χ1) is 12.6. The highest BCUT2D eigenvalue weighted by Gasteiger charge is 2.09. The van der Waals surface area contributed by atoms with Crippen molar-refractivity contribution in [3.05, 3.63) is 60.7 Å². The minimum atomic E-state index is -0.230. The normalized spacial score (nSPS) is 10.3. The molecule has 0 saturated heterocycles. The van der Waals surface area contributed by atoms with Crippen molar-refractivity contribution in [3.63, 3.8) is 0 Å². The number of rotatable bonds is 6.